The number of pyridine rings is 2. The van der Waals surface area contributed by atoms with Gasteiger partial charge >= 0.3 is 0 Å². The Hall–Kier alpha value is -1.93. The van der Waals surface area contributed by atoms with Crippen molar-refractivity contribution < 1.29 is 8.42 Å². The number of hydrogen-bond donors (Lipinski definition) is 2. The smallest absolute Gasteiger partial charge is 0.211 e. The molecule has 8 heteroatoms. The Labute approximate surface area is 129 Å². The van der Waals surface area contributed by atoms with Gasteiger partial charge in [-0.1, -0.05) is 0 Å². The molecule has 0 bridgehead atoms. The zero-order chi connectivity index (χ0) is 15.7. The summed E-state index contributed by atoms with van der Waals surface area (Å²) < 4.78 is 24.5. The highest BCUT2D eigenvalue weighted by atomic mass is 32.2. The average molecular weight is 321 g/mol. The summed E-state index contributed by atoms with van der Waals surface area (Å²) in [5, 5.41) is 3.40. The molecule has 0 aromatic carbocycles. The largest absolute Gasteiger partial charge is 0.384 e. The number of nitrogen functional groups attached to an aromatic ring is 1. The molecule has 1 aliphatic rings. The molecule has 0 spiro atoms. The number of hydrogen-bond acceptors (Lipinski definition) is 6. The van der Waals surface area contributed by atoms with Gasteiger partial charge in [0.1, 0.15) is 5.82 Å². The minimum atomic E-state index is -3.09. The van der Waals surface area contributed by atoms with Gasteiger partial charge in [-0.2, -0.15) is 0 Å². The summed E-state index contributed by atoms with van der Waals surface area (Å²) in [5.41, 5.74) is 8.12. The fraction of sp³-hybridized carbons (Fsp3) is 0.429. The molecule has 0 amide bonds. The Morgan fingerprint density at radius 1 is 1.27 bits per heavy atom. The first-order chi connectivity index (χ1) is 10.4. The molecule has 0 aliphatic carbocycles. The third-order valence-corrected chi connectivity index (χ3v) is 5.16. The van der Waals surface area contributed by atoms with Crippen molar-refractivity contribution in [3.05, 3.63) is 24.4 Å². The third kappa shape index (κ3) is 3.28. The van der Waals surface area contributed by atoms with Crippen molar-refractivity contribution in [3.8, 4) is 0 Å². The van der Waals surface area contributed by atoms with E-state index in [2.05, 4.69) is 15.3 Å². The van der Waals surface area contributed by atoms with Crippen LogP contribution in [0.15, 0.2) is 24.4 Å². The zero-order valence-electron chi connectivity index (χ0n) is 12.4. The molecule has 0 atom stereocenters. The Morgan fingerprint density at radius 2 is 2.00 bits per heavy atom. The van der Waals surface area contributed by atoms with E-state index in [1.807, 2.05) is 12.1 Å². The van der Waals surface area contributed by atoms with Crippen molar-refractivity contribution in [2.45, 2.75) is 18.9 Å². The average Bonchev–Trinajstić information content (AvgIpc) is 2.46. The van der Waals surface area contributed by atoms with Crippen molar-refractivity contribution in [1.82, 2.24) is 14.3 Å². The number of nitrogens with one attached hydrogen (secondary N) is 1. The predicted octanol–water partition coefficient (Wildman–Crippen LogP) is 1.05. The minimum Gasteiger partial charge on any atom is -0.384 e. The first-order valence-electron chi connectivity index (χ1n) is 7.16. The van der Waals surface area contributed by atoms with Crippen LogP contribution in [0.3, 0.4) is 0 Å². The van der Waals surface area contributed by atoms with Crippen LogP contribution in [0, 0.1) is 0 Å². The summed E-state index contributed by atoms with van der Waals surface area (Å²) in [7, 11) is -3.09. The maximum absolute atomic E-state index is 11.5. The van der Waals surface area contributed by atoms with Crippen LogP contribution < -0.4 is 11.1 Å². The van der Waals surface area contributed by atoms with Crippen molar-refractivity contribution in [2.75, 3.05) is 30.4 Å². The maximum atomic E-state index is 11.5. The number of nitrogens with zero attached hydrogens (tertiary/aromatic N) is 3. The van der Waals surface area contributed by atoms with Gasteiger partial charge in [-0.15, -0.1) is 0 Å². The molecule has 0 unspecified atom stereocenters. The highest BCUT2D eigenvalue weighted by Gasteiger charge is 2.24. The standard InChI is InChI=1S/C14H19N5O2S/c1-22(20,21)19-6-4-10(5-7-19)17-11-8-13-12(16-9-11)2-3-14(15)18-13/h2-3,8-10,17H,4-7H2,1H3,(H2,15,18). The lowest BCUT2D eigenvalue weighted by Gasteiger charge is -2.31. The lowest BCUT2D eigenvalue weighted by Crippen LogP contribution is -2.41. The zero-order valence-corrected chi connectivity index (χ0v) is 13.2. The number of piperidine rings is 1. The fourth-order valence-corrected chi connectivity index (χ4v) is 3.54. The molecule has 1 aliphatic heterocycles. The minimum absolute atomic E-state index is 0.235. The maximum Gasteiger partial charge on any atom is 0.211 e. The Bertz CT molecular complexity index is 785. The molecule has 3 rings (SSSR count). The van der Waals surface area contributed by atoms with Gasteiger partial charge in [-0.25, -0.2) is 17.7 Å². The van der Waals surface area contributed by atoms with Crippen LogP contribution in [-0.4, -0.2) is 48.1 Å². The quantitative estimate of drug-likeness (QED) is 0.876. The van der Waals surface area contributed by atoms with E-state index in [1.54, 1.807) is 12.3 Å². The second-order valence-electron chi connectivity index (χ2n) is 5.58. The molecular formula is C14H19N5O2S. The summed E-state index contributed by atoms with van der Waals surface area (Å²) in [5.74, 6) is 0.466. The van der Waals surface area contributed by atoms with Crippen molar-refractivity contribution >= 4 is 32.6 Å². The predicted molar refractivity (Wildman–Crippen MR) is 87.0 cm³/mol. The molecule has 0 saturated carbocycles. The Kier molecular flexibility index (Phi) is 3.88. The van der Waals surface area contributed by atoms with Gasteiger partial charge in [-0.05, 0) is 31.0 Å². The summed E-state index contributed by atoms with van der Waals surface area (Å²) in [6, 6.07) is 5.72. The molecule has 3 heterocycles. The molecule has 2 aromatic rings. The summed E-state index contributed by atoms with van der Waals surface area (Å²) in [6.45, 7) is 1.09. The van der Waals surface area contributed by atoms with E-state index in [4.69, 9.17) is 5.73 Å². The highest BCUT2D eigenvalue weighted by molar-refractivity contribution is 7.88. The third-order valence-electron chi connectivity index (χ3n) is 3.85. The van der Waals surface area contributed by atoms with Crippen molar-refractivity contribution in [1.29, 1.82) is 0 Å². The molecule has 118 valence electrons. The van der Waals surface area contributed by atoms with E-state index in [-0.39, 0.29) is 6.04 Å². The van der Waals surface area contributed by atoms with Crippen LogP contribution >= 0.6 is 0 Å². The van der Waals surface area contributed by atoms with Crippen LogP contribution in [0.2, 0.25) is 0 Å². The topological polar surface area (TPSA) is 101 Å². The van der Waals surface area contributed by atoms with E-state index in [0.717, 1.165) is 29.6 Å². The first-order valence-corrected chi connectivity index (χ1v) is 9.00. The number of fused-ring (bicyclic) bond motifs is 1. The van der Waals surface area contributed by atoms with Crippen LogP contribution in [0.4, 0.5) is 11.5 Å². The van der Waals surface area contributed by atoms with Crippen LogP contribution in [0.5, 0.6) is 0 Å². The Balaban J connectivity index is 1.69. The lowest BCUT2D eigenvalue weighted by atomic mass is 10.1. The second kappa shape index (κ2) is 5.69. The number of rotatable bonds is 3. The molecule has 1 saturated heterocycles. The van der Waals surface area contributed by atoms with E-state index >= 15 is 0 Å². The lowest BCUT2D eigenvalue weighted by molar-refractivity contribution is 0.332. The molecule has 7 nitrogen and oxygen atoms in total. The van der Waals surface area contributed by atoms with Crippen molar-refractivity contribution in [3.63, 3.8) is 0 Å². The molecule has 2 aromatic heterocycles. The van der Waals surface area contributed by atoms with E-state index in [1.165, 1.54) is 10.6 Å². The highest BCUT2D eigenvalue weighted by Crippen LogP contribution is 2.20. The number of sulfonamides is 1. The van der Waals surface area contributed by atoms with Crippen LogP contribution in [-0.2, 0) is 10.0 Å². The van der Waals surface area contributed by atoms with Gasteiger partial charge in [0.25, 0.3) is 0 Å². The van der Waals surface area contributed by atoms with E-state index < -0.39 is 10.0 Å². The summed E-state index contributed by atoms with van der Waals surface area (Å²) in [4.78, 5) is 8.62. The molecule has 0 radical (unpaired) electrons. The molecule has 22 heavy (non-hydrogen) atoms. The van der Waals surface area contributed by atoms with Crippen LogP contribution in [0.1, 0.15) is 12.8 Å². The first kappa shape index (κ1) is 15.0. The monoisotopic (exact) mass is 321 g/mol. The van der Waals surface area contributed by atoms with Gasteiger partial charge in [0.15, 0.2) is 0 Å². The number of aromatic nitrogens is 2. The van der Waals surface area contributed by atoms with Gasteiger partial charge < -0.3 is 11.1 Å². The number of nitrogens with two attached hydrogens (primary N) is 1. The van der Waals surface area contributed by atoms with E-state index in [9.17, 15) is 8.42 Å². The van der Waals surface area contributed by atoms with Gasteiger partial charge in [0.05, 0.1) is 29.2 Å². The van der Waals surface area contributed by atoms with E-state index in [0.29, 0.717) is 18.9 Å². The fourth-order valence-electron chi connectivity index (χ4n) is 2.67. The molecule has 1 fully saturated rings. The SMILES string of the molecule is CS(=O)(=O)N1CCC(Nc2cnc3ccc(N)nc3c2)CC1. The van der Waals surface area contributed by atoms with Gasteiger partial charge in [-0.3, -0.25) is 4.98 Å². The molecular weight excluding hydrogens is 302 g/mol. The van der Waals surface area contributed by atoms with Gasteiger partial charge in [0, 0.05) is 19.1 Å². The normalized spacial score (nSPS) is 17.7. The Morgan fingerprint density at radius 3 is 2.68 bits per heavy atom. The van der Waals surface area contributed by atoms with Crippen molar-refractivity contribution in [2.24, 2.45) is 0 Å². The van der Waals surface area contributed by atoms with Gasteiger partial charge in [0.2, 0.25) is 10.0 Å². The summed E-state index contributed by atoms with van der Waals surface area (Å²) in [6.07, 6.45) is 4.57. The van der Waals surface area contributed by atoms with Crippen LogP contribution in [0.25, 0.3) is 11.0 Å². The second-order valence-corrected chi connectivity index (χ2v) is 7.56. The number of anilines is 2. The molecule has 3 N–H and O–H groups in total. The summed E-state index contributed by atoms with van der Waals surface area (Å²) >= 11 is 0.